The predicted octanol–water partition coefficient (Wildman–Crippen LogP) is 5.18. The minimum atomic E-state index is 0.188. The summed E-state index contributed by atoms with van der Waals surface area (Å²) in [6.45, 7) is 4.82. The van der Waals surface area contributed by atoms with E-state index in [9.17, 15) is 0 Å². The molecule has 3 atom stereocenters. The maximum absolute atomic E-state index is 6.58. The van der Waals surface area contributed by atoms with Crippen molar-refractivity contribution in [2.24, 2.45) is 0 Å². The van der Waals surface area contributed by atoms with Gasteiger partial charge in [0.2, 0.25) is 0 Å². The summed E-state index contributed by atoms with van der Waals surface area (Å²) in [5.41, 5.74) is 6.12. The molecule has 0 radical (unpaired) electrons. The van der Waals surface area contributed by atoms with Gasteiger partial charge >= 0.3 is 6.01 Å². The van der Waals surface area contributed by atoms with Crippen molar-refractivity contribution in [2.45, 2.75) is 87.9 Å². The number of rotatable bonds is 5. The molecule has 4 saturated heterocycles. The Morgan fingerprint density at radius 1 is 1.00 bits per heavy atom. The van der Waals surface area contributed by atoms with Gasteiger partial charge in [0, 0.05) is 41.2 Å². The lowest BCUT2D eigenvalue weighted by Gasteiger charge is -2.35. The molecule has 0 spiro atoms. The normalized spacial score (nSPS) is 27.0. The lowest BCUT2D eigenvalue weighted by molar-refractivity contribution is 0.107. The highest BCUT2D eigenvalue weighted by molar-refractivity contribution is 5.98. The van der Waals surface area contributed by atoms with Crippen molar-refractivity contribution in [3.63, 3.8) is 0 Å². The summed E-state index contributed by atoms with van der Waals surface area (Å²) in [5.74, 6) is 3.41. The van der Waals surface area contributed by atoms with E-state index in [0.29, 0.717) is 30.6 Å². The number of hydrogen-bond acceptors (Lipinski definition) is 6. The number of terminal acetylenes is 1. The molecule has 5 aliphatic heterocycles. The zero-order valence-corrected chi connectivity index (χ0v) is 23.4. The van der Waals surface area contributed by atoms with Gasteiger partial charge in [0.05, 0.1) is 23.5 Å². The van der Waals surface area contributed by atoms with Crippen molar-refractivity contribution in [1.82, 2.24) is 20.2 Å². The van der Waals surface area contributed by atoms with Crippen molar-refractivity contribution in [3.05, 3.63) is 58.9 Å². The van der Waals surface area contributed by atoms with Crippen molar-refractivity contribution in [2.75, 3.05) is 31.1 Å². The molecule has 0 saturated carbocycles. The van der Waals surface area contributed by atoms with Crippen molar-refractivity contribution < 1.29 is 4.74 Å². The van der Waals surface area contributed by atoms with Gasteiger partial charge in [0.15, 0.2) is 0 Å². The van der Waals surface area contributed by atoms with Gasteiger partial charge < -0.3 is 15.0 Å². The van der Waals surface area contributed by atoms with Crippen LogP contribution in [0.25, 0.3) is 10.8 Å². The molecule has 4 fully saturated rings. The number of anilines is 1. The van der Waals surface area contributed by atoms with Crippen LogP contribution in [0.5, 0.6) is 6.01 Å². The highest BCUT2D eigenvalue weighted by atomic mass is 16.5. The molecule has 1 N–H and O–H groups in total. The van der Waals surface area contributed by atoms with Crippen molar-refractivity contribution in [3.8, 4) is 18.4 Å². The topological polar surface area (TPSA) is 53.5 Å². The molecule has 40 heavy (non-hydrogen) atoms. The highest BCUT2D eigenvalue weighted by Gasteiger charge is 2.45. The monoisotopic (exact) mass is 533 g/mol. The first kappa shape index (κ1) is 24.6. The van der Waals surface area contributed by atoms with E-state index in [-0.39, 0.29) is 5.54 Å². The molecule has 206 valence electrons. The Morgan fingerprint density at radius 3 is 2.55 bits per heavy atom. The minimum Gasteiger partial charge on any atom is -0.461 e. The molecule has 6 heteroatoms. The van der Waals surface area contributed by atoms with Crippen LogP contribution in [-0.2, 0) is 13.0 Å². The quantitative estimate of drug-likeness (QED) is 0.456. The lowest BCUT2D eigenvalue weighted by Crippen LogP contribution is -2.43. The largest absolute Gasteiger partial charge is 0.461 e. The van der Waals surface area contributed by atoms with Crippen LogP contribution in [0.2, 0.25) is 0 Å². The molecule has 0 unspecified atom stereocenters. The number of piperidine rings is 1. The van der Waals surface area contributed by atoms with E-state index in [1.807, 2.05) is 0 Å². The van der Waals surface area contributed by atoms with Gasteiger partial charge in [-0.3, -0.25) is 4.90 Å². The summed E-state index contributed by atoms with van der Waals surface area (Å²) in [7, 11) is 0. The van der Waals surface area contributed by atoms with Crippen molar-refractivity contribution >= 4 is 16.5 Å². The zero-order valence-electron chi connectivity index (χ0n) is 23.4. The second-order valence-corrected chi connectivity index (χ2v) is 12.8. The fourth-order valence-corrected chi connectivity index (χ4v) is 8.69. The summed E-state index contributed by atoms with van der Waals surface area (Å²) in [5, 5.41) is 6.18. The van der Waals surface area contributed by atoms with E-state index in [0.717, 1.165) is 30.8 Å². The predicted molar refractivity (Wildman–Crippen MR) is 159 cm³/mol. The Balaban J connectivity index is 1.15. The van der Waals surface area contributed by atoms with Crippen LogP contribution in [0.1, 0.15) is 79.8 Å². The Bertz CT molecular complexity index is 1470. The third-order valence-corrected chi connectivity index (χ3v) is 10.6. The molecule has 6 heterocycles. The van der Waals surface area contributed by atoms with Gasteiger partial charge in [-0.2, -0.15) is 9.97 Å². The van der Waals surface area contributed by atoms with Gasteiger partial charge in [0.25, 0.3) is 0 Å². The van der Waals surface area contributed by atoms with Crippen LogP contribution < -0.4 is 15.0 Å². The average molecular weight is 534 g/mol. The molecule has 6 nitrogen and oxygen atoms in total. The van der Waals surface area contributed by atoms with E-state index in [4.69, 9.17) is 21.1 Å². The molecule has 2 aromatic carbocycles. The maximum atomic E-state index is 6.58. The molecule has 2 bridgehead atoms. The summed E-state index contributed by atoms with van der Waals surface area (Å²) < 4.78 is 6.58. The third kappa shape index (κ3) is 4.09. The van der Waals surface area contributed by atoms with E-state index in [2.05, 4.69) is 57.4 Å². The summed E-state index contributed by atoms with van der Waals surface area (Å²) in [6.07, 6.45) is 16.9. The van der Waals surface area contributed by atoms with Crippen LogP contribution in [0.3, 0.4) is 0 Å². The molecule has 5 aliphatic rings. The first-order chi connectivity index (χ1) is 19.7. The fourth-order valence-electron chi connectivity index (χ4n) is 8.69. The number of fused-ring (bicyclic) bond motifs is 5. The number of aromatic nitrogens is 2. The van der Waals surface area contributed by atoms with Crippen LogP contribution >= 0.6 is 0 Å². The van der Waals surface area contributed by atoms with Gasteiger partial charge in [-0.25, -0.2) is 0 Å². The van der Waals surface area contributed by atoms with E-state index in [1.54, 1.807) is 0 Å². The van der Waals surface area contributed by atoms with Crippen LogP contribution in [-0.4, -0.2) is 58.7 Å². The van der Waals surface area contributed by atoms with E-state index >= 15 is 0 Å². The van der Waals surface area contributed by atoms with Gasteiger partial charge in [0.1, 0.15) is 6.61 Å². The molecule has 0 amide bonds. The second-order valence-electron chi connectivity index (χ2n) is 12.8. The highest BCUT2D eigenvalue weighted by Crippen LogP contribution is 2.42. The van der Waals surface area contributed by atoms with Gasteiger partial charge in [-0.15, -0.1) is 6.42 Å². The van der Waals surface area contributed by atoms with Crippen LogP contribution in [0.15, 0.2) is 36.4 Å². The van der Waals surface area contributed by atoms with E-state index in [1.165, 1.54) is 92.2 Å². The smallest absolute Gasteiger partial charge is 0.316 e. The molecular weight excluding hydrogens is 494 g/mol. The summed E-state index contributed by atoms with van der Waals surface area (Å²) in [4.78, 5) is 15.5. The second kappa shape index (κ2) is 9.75. The molecule has 3 aromatic rings. The Labute approximate surface area is 237 Å². The van der Waals surface area contributed by atoms with Gasteiger partial charge in [-0.05, 0) is 94.0 Å². The molecule has 1 aromatic heterocycles. The zero-order chi connectivity index (χ0) is 26.7. The number of benzene rings is 2. The Hall–Kier alpha value is -3.14. The number of ether oxygens (including phenoxy) is 1. The van der Waals surface area contributed by atoms with Gasteiger partial charge in [-0.1, -0.05) is 30.2 Å². The fraction of sp³-hybridized carbons (Fsp3) is 0.529. The van der Waals surface area contributed by atoms with Crippen LogP contribution in [0, 0.1) is 12.3 Å². The minimum absolute atomic E-state index is 0.188. The standard InChI is InChI=1S/C34H39N5O/c1-2-23-7-3-8-24-9-4-10-30(31(23)24)38-18-13-28-29(21-38)36-33(40-22-34-14-5-16-39(34)17-6-15-34)37-32(28)25-19-26-11-12-27(20-25)35-26/h1,3-4,7-10,25-27,35H,5-6,11-22H2/t25-,26-,27+. The summed E-state index contributed by atoms with van der Waals surface area (Å²) >= 11 is 0. The number of nitrogens with zero attached hydrogens (tertiary/aromatic N) is 4. The molecular formula is C34H39N5O. The first-order valence-electron chi connectivity index (χ1n) is 15.5. The Kier molecular flexibility index (Phi) is 6.00. The molecule has 0 aliphatic carbocycles. The summed E-state index contributed by atoms with van der Waals surface area (Å²) in [6, 6.07) is 14.6. The third-order valence-electron chi connectivity index (χ3n) is 10.6. The van der Waals surface area contributed by atoms with Crippen molar-refractivity contribution in [1.29, 1.82) is 0 Å². The van der Waals surface area contributed by atoms with Crippen LogP contribution in [0.4, 0.5) is 5.69 Å². The SMILES string of the molecule is C#Cc1cccc2cccc(N3CCc4c(nc(OCC56CCCN5CCC6)nc4[C@@H]4C[C@H]5CC[C@@H](C4)N5)C3)c12. The molecule has 8 rings (SSSR count). The number of nitrogens with one attached hydrogen (secondary N) is 1. The first-order valence-corrected chi connectivity index (χ1v) is 15.5. The lowest BCUT2D eigenvalue weighted by atomic mass is 9.85. The van der Waals surface area contributed by atoms with E-state index < -0.39 is 0 Å². The maximum Gasteiger partial charge on any atom is 0.316 e. The number of hydrogen-bond donors (Lipinski definition) is 1. The average Bonchev–Trinajstić information content (AvgIpc) is 3.68. The Morgan fingerprint density at radius 2 is 1.77 bits per heavy atom.